The van der Waals surface area contributed by atoms with Gasteiger partial charge >= 0.3 is 6.18 Å². The first-order valence-corrected chi connectivity index (χ1v) is 7.57. The molecule has 2 aromatic carbocycles. The molecule has 124 valence electrons. The van der Waals surface area contributed by atoms with E-state index < -0.39 is 17.6 Å². The first-order chi connectivity index (χ1) is 10.7. The topological polar surface area (TPSA) is 29.3 Å². The molecule has 0 radical (unpaired) electrons. The molecule has 0 saturated carbocycles. The van der Waals surface area contributed by atoms with Gasteiger partial charge in [-0.25, -0.2) is 4.39 Å². The number of hydrogen-bond donors (Lipinski definition) is 1. The number of hydrogen-bond acceptors (Lipinski definition) is 3. The molecule has 0 atom stereocenters. The van der Waals surface area contributed by atoms with Crippen LogP contribution in [0.5, 0.6) is 0 Å². The summed E-state index contributed by atoms with van der Waals surface area (Å²) < 4.78 is 51.8. The number of rotatable bonds is 4. The average molecular weight is 344 g/mol. The minimum absolute atomic E-state index is 0.0941. The Kier molecular flexibility index (Phi) is 5.21. The summed E-state index contributed by atoms with van der Waals surface area (Å²) in [6, 6.07) is 8.93. The van der Waals surface area contributed by atoms with Crippen LogP contribution in [0.2, 0.25) is 0 Å². The van der Waals surface area contributed by atoms with Gasteiger partial charge in [0.05, 0.1) is 5.56 Å². The van der Waals surface area contributed by atoms with E-state index in [9.17, 15) is 17.6 Å². The Morgan fingerprint density at radius 2 is 1.74 bits per heavy atom. The van der Waals surface area contributed by atoms with E-state index in [2.05, 4.69) is 0 Å². The van der Waals surface area contributed by atoms with Crippen LogP contribution in [0.25, 0.3) is 0 Å². The lowest BCUT2D eigenvalue weighted by molar-refractivity contribution is -0.140. The zero-order chi connectivity index (χ0) is 17.2. The predicted octanol–water partition coefficient (Wildman–Crippen LogP) is 4.64. The van der Waals surface area contributed by atoms with Crippen molar-refractivity contribution in [1.82, 2.24) is 4.90 Å². The van der Waals surface area contributed by atoms with Crippen molar-refractivity contribution >= 4 is 17.4 Å². The summed E-state index contributed by atoms with van der Waals surface area (Å²) in [5, 5.41) is 0. The number of alkyl halides is 3. The monoisotopic (exact) mass is 344 g/mol. The third-order valence-corrected chi connectivity index (χ3v) is 4.28. The fraction of sp³-hybridized carbons (Fsp3) is 0.250. The lowest BCUT2D eigenvalue weighted by atomic mass is 10.2. The Balaban J connectivity index is 2.37. The van der Waals surface area contributed by atoms with Gasteiger partial charge in [0, 0.05) is 22.0 Å². The maximum Gasteiger partial charge on any atom is 0.419 e. The Hall–Kier alpha value is -1.73. The minimum Gasteiger partial charge on any atom is -0.398 e. The number of halogens is 4. The zero-order valence-electron chi connectivity index (χ0n) is 12.6. The molecule has 0 aliphatic rings. The zero-order valence-corrected chi connectivity index (χ0v) is 13.4. The van der Waals surface area contributed by atoms with Gasteiger partial charge in [-0.1, -0.05) is 30.0 Å². The Labute approximate surface area is 136 Å². The van der Waals surface area contributed by atoms with Gasteiger partial charge in [-0.3, -0.25) is 0 Å². The number of anilines is 1. The molecular formula is C16H16F4N2S. The molecule has 2 nitrogen and oxygen atoms in total. The average Bonchev–Trinajstić information content (AvgIpc) is 2.42. The highest BCUT2D eigenvalue weighted by molar-refractivity contribution is 7.99. The summed E-state index contributed by atoms with van der Waals surface area (Å²) in [5.41, 5.74) is 5.24. The first kappa shape index (κ1) is 17.6. The van der Waals surface area contributed by atoms with Crippen molar-refractivity contribution in [2.45, 2.75) is 22.5 Å². The summed E-state index contributed by atoms with van der Waals surface area (Å²) >= 11 is 1.16. The molecule has 23 heavy (non-hydrogen) atoms. The predicted molar refractivity (Wildman–Crippen MR) is 83.8 cm³/mol. The lowest BCUT2D eigenvalue weighted by Crippen LogP contribution is -2.11. The molecular weight excluding hydrogens is 328 g/mol. The molecule has 2 aromatic rings. The van der Waals surface area contributed by atoms with Crippen LogP contribution in [0.15, 0.2) is 46.2 Å². The third-order valence-electron chi connectivity index (χ3n) is 3.08. The van der Waals surface area contributed by atoms with Crippen LogP contribution < -0.4 is 5.73 Å². The van der Waals surface area contributed by atoms with Gasteiger partial charge in [-0.15, -0.1) is 0 Å². The van der Waals surface area contributed by atoms with E-state index in [1.807, 2.05) is 43.3 Å². The molecule has 0 unspecified atom stereocenters. The van der Waals surface area contributed by atoms with Crippen molar-refractivity contribution in [3.8, 4) is 0 Å². The standard InChI is InChI=1S/C16H16F4N2S/c1-22(2)9-10-5-3-4-6-14(10)23-15-8-12(17)11(7-13(15)21)16(18,19)20/h3-8H,9,21H2,1-2H3. The molecule has 0 amide bonds. The molecule has 7 heteroatoms. The quantitative estimate of drug-likeness (QED) is 0.647. The van der Waals surface area contributed by atoms with E-state index in [4.69, 9.17) is 5.73 Å². The maximum atomic E-state index is 13.7. The molecule has 0 aromatic heterocycles. The molecule has 0 aliphatic carbocycles. The number of nitrogens with two attached hydrogens (primary N) is 1. The van der Waals surface area contributed by atoms with Crippen molar-refractivity contribution < 1.29 is 17.6 Å². The fourth-order valence-electron chi connectivity index (χ4n) is 2.07. The molecule has 0 saturated heterocycles. The van der Waals surface area contributed by atoms with E-state index >= 15 is 0 Å². The molecule has 0 bridgehead atoms. The highest BCUT2D eigenvalue weighted by Gasteiger charge is 2.34. The Morgan fingerprint density at radius 1 is 1.09 bits per heavy atom. The van der Waals surface area contributed by atoms with Crippen LogP contribution in [-0.4, -0.2) is 19.0 Å². The second kappa shape index (κ2) is 6.80. The van der Waals surface area contributed by atoms with Crippen LogP contribution in [0.3, 0.4) is 0 Å². The van der Waals surface area contributed by atoms with Gasteiger partial charge in [0.1, 0.15) is 5.82 Å². The molecule has 2 N–H and O–H groups in total. The second-order valence-electron chi connectivity index (χ2n) is 5.32. The van der Waals surface area contributed by atoms with E-state index in [1.54, 1.807) is 0 Å². The number of benzene rings is 2. The van der Waals surface area contributed by atoms with Gasteiger partial charge in [0.15, 0.2) is 0 Å². The van der Waals surface area contributed by atoms with Gasteiger partial charge in [0.2, 0.25) is 0 Å². The Bertz CT molecular complexity index is 699. The van der Waals surface area contributed by atoms with Crippen molar-refractivity contribution in [3.63, 3.8) is 0 Å². The van der Waals surface area contributed by atoms with Gasteiger partial charge in [-0.05, 0) is 37.9 Å². The third kappa shape index (κ3) is 4.39. The van der Waals surface area contributed by atoms with Gasteiger partial charge < -0.3 is 10.6 Å². The molecule has 0 heterocycles. The number of nitrogen functional groups attached to an aromatic ring is 1. The van der Waals surface area contributed by atoms with Crippen LogP contribution in [0.4, 0.5) is 23.2 Å². The normalized spacial score (nSPS) is 12.0. The molecule has 2 rings (SSSR count). The second-order valence-corrected chi connectivity index (χ2v) is 6.40. The van der Waals surface area contributed by atoms with E-state index in [0.29, 0.717) is 12.6 Å². The van der Waals surface area contributed by atoms with Crippen molar-refractivity contribution in [2.24, 2.45) is 0 Å². The summed E-state index contributed by atoms with van der Waals surface area (Å²) in [6.07, 6.45) is -4.76. The minimum atomic E-state index is -4.76. The lowest BCUT2D eigenvalue weighted by Gasteiger charge is -2.15. The summed E-state index contributed by atoms with van der Waals surface area (Å²) in [7, 11) is 3.82. The summed E-state index contributed by atoms with van der Waals surface area (Å²) in [6.45, 7) is 0.659. The van der Waals surface area contributed by atoms with E-state index in [1.165, 1.54) is 0 Å². The van der Waals surface area contributed by atoms with Crippen molar-refractivity contribution in [3.05, 3.63) is 53.3 Å². The fourth-order valence-corrected chi connectivity index (χ4v) is 3.06. The molecule has 0 fully saturated rings. The Morgan fingerprint density at radius 3 is 2.35 bits per heavy atom. The highest BCUT2D eigenvalue weighted by atomic mass is 32.2. The highest BCUT2D eigenvalue weighted by Crippen LogP contribution is 2.39. The van der Waals surface area contributed by atoms with E-state index in [0.717, 1.165) is 28.3 Å². The summed E-state index contributed by atoms with van der Waals surface area (Å²) in [4.78, 5) is 3.06. The van der Waals surface area contributed by atoms with Gasteiger partial charge in [-0.2, -0.15) is 13.2 Å². The van der Waals surface area contributed by atoms with Crippen LogP contribution >= 0.6 is 11.8 Å². The van der Waals surface area contributed by atoms with Crippen molar-refractivity contribution in [1.29, 1.82) is 0 Å². The summed E-state index contributed by atoms with van der Waals surface area (Å²) in [5.74, 6) is -1.32. The smallest absolute Gasteiger partial charge is 0.398 e. The maximum absolute atomic E-state index is 13.7. The number of nitrogens with zero attached hydrogens (tertiary/aromatic N) is 1. The van der Waals surface area contributed by atoms with E-state index in [-0.39, 0.29) is 10.6 Å². The first-order valence-electron chi connectivity index (χ1n) is 6.75. The molecule has 0 spiro atoms. The van der Waals surface area contributed by atoms with Crippen LogP contribution in [-0.2, 0) is 12.7 Å². The SMILES string of the molecule is CN(C)Cc1ccccc1Sc1cc(F)c(C(F)(F)F)cc1N. The molecule has 0 aliphatic heterocycles. The van der Waals surface area contributed by atoms with Crippen LogP contribution in [0, 0.1) is 5.82 Å². The largest absolute Gasteiger partial charge is 0.419 e. The van der Waals surface area contributed by atoms with Crippen molar-refractivity contribution in [2.75, 3.05) is 19.8 Å². The van der Waals surface area contributed by atoms with Gasteiger partial charge in [0.25, 0.3) is 0 Å². The van der Waals surface area contributed by atoms with Crippen LogP contribution in [0.1, 0.15) is 11.1 Å².